The second kappa shape index (κ2) is 6.88. The molecule has 24 heavy (non-hydrogen) atoms. The van der Waals surface area contributed by atoms with Crippen LogP contribution in [-0.2, 0) is 0 Å². The van der Waals surface area contributed by atoms with Gasteiger partial charge in [-0.1, -0.05) is 41.0 Å². The van der Waals surface area contributed by atoms with Gasteiger partial charge in [-0.05, 0) is 37.4 Å². The normalized spacial score (nSPS) is 10.8. The van der Waals surface area contributed by atoms with Crippen LogP contribution >= 0.6 is 35.0 Å². The number of aromatic nitrogens is 3. The third-order valence-electron chi connectivity index (χ3n) is 3.24. The number of hydrogen-bond donors (Lipinski definition) is 1. The standard InChI is InChI=1S/C15H12Cl2N4O2S/c1-8-18-19-15(24-2)21(8)20-14(22)12-7-6-11(23-12)9-4-3-5-10(16)13(9)17/h3-7H,1-2H3,(H,20,22). The molecular formula is C15H12Cl2N4O2S. The van der Waals surface area contributed by atoms with Gasteiger partial charge in [-0.15, -0.1) is 10.2 Å². The highest BCUT2D eigenvalue weighted by molar-refractivity contribution is 7.98. The van der Waals surface area contributed by atoms with E-state index in [9.17, 15) is 4.79 Å². The van der Waals surface area contributed by atoms with Crippen LogP contribution in [0, 0.1) is 6.92 Å². The van der Waals surface area contributed by atoms with Crippen LogP contribution in [0.4, 0.5) is 0 Å². The van der Waals surface area contributed by atoms with Crippen molar-refractivity contribution in [2.45, 2.75) is 12.1 Å². The smallest absolute Gasteiger partial charge is 0.305 e. The van der Waals surface area contributed by atoms with Gasteiger partial charge in [-0.25, -0.2) is 4.68 Å². The molecule has 1 aromatic carbocycles. The maximum absolute atomic E-state index is 12.4. The van der Waals surface area contributed by atoms with Crippen molar-refractivity contribution >= 4 is 40.9 Å². The Kier molecular flexibility index (Phi) is 4.84. The molecule has 0 fully saturated rings. The molecule has 2 aromatic heterocycles. The molecule has 124 valence electrons. The number of amides is 1. The summed E-state index contributed by atoms with van der Waals surface area (Å²) in [4.78, 5) is 12.4. The minimum absolute atomic E-state index is 0.140. The van der Waals surface area contributed by atoms with E-state index in [1.807, 2.05) is 6.26 Å². The predicted octanol–water partition coefficient (Wildman–Crippen LogP) is 4.26. The van der Waals surface area contributed by atoms with E-state index in [0.717, 1.165) is 0 Å². The molecule has 9 heteroatoms. The van der Waals surface area contributed by atoms with Crippen LogP contribution in [0.2, 0.25) is 10.0 Å². The van der Waals surface area contributed by atoms with Crippen LogP contribution in [0.5, 0.6) is 0 Å². The first-order valence-electron chi connectivity index (χ1n) is 6.83. The van der Waals surface area contributed by atoms with Crippen molar-refractivity contribution in [2.75, 3.05) is 11.7 Å². The molecule has 0 aliphatic rings. The van der Waals surface area contributed by atoms with Crippen molar-refractivity contribution in [3.05, 3.63) is 52.0 Å². The average Bonchev–Trinajstić information content (AvgIpc) is 3.18. The topological polar surface area (TPSA) is 73.0 Å². The Labute approximate surface area is 152 Å². The highest BCUT2D eigenvalue weighted by Crippen LogP contribution is 2.34. The zero-order valence-electron chi connectivity index (χ0n) is 12.7. The molecule has 0 saturated heterocycles. The lowest BCUT2D eigenvalue weighted by molar-refractivity contribution is 0.0980. The van der Waals surface area contributed by atoms with Gasteiger partial charge in [-0.3, -0.25) is 10.2 Å². The summed E-state index contributed by atoms with van der Waals surface area (Å²) in [5, 5.41) is 9.24. The van der Waals surface area contributed by atoms with Crippen LogP contribution in [0.15, 0.2) is 39.9 Å². The molecule has 1 N–H and O–H groups in total. The maximum Gasteiger partial charge on any atom is 0.305 e. The Bertz CT molecular complexity index is 907. The van der Waals surface area contributed by atoms with E-state index in [2.05, 4.69) is 15.6 Å². The number of nitrogens with zero attached hydrogens (tertiary/aromatic N) is 3. The number of furan rings is 1. The lowest BCUT2D eigenvalue weighted by Gasteiger charge is -2.07. The van der Waals surface area contributed by atoms with Gasteiger partial charge in [0.1, 0.15) is 11.6 Å². The molecule has 0 atom stereocenters. The third kappa shape index (κ3) is 3.15. The lowest BCUT2D eigenvalue weighted by Crippen LogP contribution is -2.24. The van der Waals surface area contributed by atoms with Crippen LogP contribution in [0.1, 0.15) is 16.4 Å². The third-order valence-corrected chi connectivity index (χ3v) is 4.69. The second-order valence-electron chi connectivity index (χ2n) is 4.78. The molecule has 3 aromatic rings. The van der Waals surface area contributed by atoms with Crippen molar-refractivity contribution in [1.29, 1.82) is 0 Å². The number of rotatable bonds is 4. The fourth-order valence-electron chi connectivity index (χ4n) is 2.06. The van der Waals surface area contributed by atoms with Crippen LogP contribution in [0.3, 0.4) is 0 Å². The van der Waals surface area contributed by atoms with Crippen molar-refractivity contribution in [2.24, 2.45) is 0 Å². The summed E-state index contributed by atoms with van der Waals surface area (Å²) < 4.78 is 7.11. The summed E-state index contributed by atoms with van der Waals surface area (Å²) in [5.41, 5.74) is 3.31. The van der Waals surface area contributed by atoms with Gasteiger partial charge in [0.15, 0.2) is 5.76 Å². The Morgan fingerprint density at radius 1 is 1.25 bits per heavy atom. The average molecular weight is 383 g/mol. The summed E-state index contributed by atoms with van der Waals surface area (Å²) in [6.45, 7) is 1.74. The van der Waals surface area contributed by atoms with Crippen molar-refractivity contribution in [3.8, 4) is 11.3 Å². The molecule has 0 bridgehead atoms. The van der Waals surface area contributed by atoms with E-state index in [1.54, 1.807) is 37.3 Å². The summed E-state index contributed by atoms with van der Waals surface area (Å²) in [6.07, 6.45) is 1.85. The molecule has 6 nitrogen and oxygen atoms in total. The second-order valence-corrected chi connectivity index (χ2v) is 6.33. The molecular weight excluding hydrogens is 371 g/mol. The summed E-state index contributed by atoms with van der Waals surface area (Å²) in [5.74, 6) is 0.745. The zero-order valence-corrected chi connectivity index (χ0v) is 15.0. The van der Waals surface area contributed by atoms with Crippen molar-refractivity contribution in [3.63, 3.8) is 0 Å². The largest absolute Gasteiger partial charge is 0.451 e. The van der Waals surface area contributed by atoms with Gasteiger partial charge in [0, 0.05) is 5.56 Å². The number of nitrogens with one attached hydrogen (secondary N) is 1. The van der Waals surface area contributed by atoms with Gasteiger partial charge in [-0.2, -0.15) is 0 Å². The molecule has 0 radical (unpaired) electrons. The fourth-order valence-corrected chi connectivity index (χ4v) is 2.94. The lowest BCUT2D eigenvalue weighted by atomic mass is 10.2. The summed E-state index contributed by atoms with van der Waals surface area (Å²) >= 11 is 13.6. The first kappa shape index (κ1) is 16.9. The Morgan fingerprint density at radius 2 is 2.04 bits per heavy atom. The van der Waals surface area contributed by atoms with E-state index in [-0.39, 0.29) is 5.76 Å². The molecule has 0 aliphatic heterocycles. The van der Waals surface area contributed by atoms with E-state index >= 15 is 0 Å². The van der Waals surface area contributed by atoms with Gasteiger partial charge in [0.25, 0.3) is 0 Å². The number of aryl methyl sites for hydroxylation is 1. The molecule has 0 unspecified atom stereocenters. The number of benzene rings is 1. The molecule has 2 heterocycles. The Balaban J connectivity index is 1.86. The van der Waals surface area contributed by atoms with E-state index in [0.29, 0.717) is 32.3 Å². The number of hydrogen-bond acceptors (Lipinski definition) is 5. The van der Waals surface area contributed by atoms with Gasteiger partial charge >= 0.3 is 5.91 Å². The molecule has 0 aliphatic carbocycles. The predicted molar refractivity (Wildman–Crippen MR) is 94.4 cm³/mol. The highest BCUT2D eigenvalue weighted by Gasteiger charge is 2.17. The SMILES string of the molecule is CSc1nnc(C)n1NC(=O)c1ccc(-c2cccc(Cl)c2Cl)o1. The maximum atomic E-state index is 12.4. The van der Waals surface area contributed by atoms with Crippen LogP contribution in [0.25, 0.3) is 11.3 Å². The van der Waals surface area contributed by atoms with Crippen molar-refractivity contribution < 1.29 is 9.21 Å². The van der Waals surface area contributed by atoms with E-state index in [1.165, 1.54) is 16.4 Å². The van der Waals surface area contributed by atoms with E-state index < -0.39 is 5.91 Å². The number of carbonyl (C=O) groups is 1. The number of thioether (sulfide) groups is 1. The van der Waals surface area contributed by atoms with Crippen molar-refractivity contribution in [1.82, 2.24) is 14.9 Å². The number of carbonyl (C=O) groups excluding carboxylic acids is 1. The summed E-state index contributed by atoms with van der Waals surface area (Å²) in [6, 6.07) is 8.45. The molecule has 1 amide bonds. The van der Waals surface area contributed by atoms with Gasteiger partial charge in [0.2, 0.25) is 5.16 Å². The van der Waals surface area contributed by atoms with Gasteiger partial charge in [0.05, 0.1) is 10.0 Å². The monoisotopic (exact) mass is 382 g/mol. The Hall–Kier alpha value is -1.96. The number of halogens is 2. The minimum Gasteiger partial charge on any atom is -0.451 e. The first-order valence-corrected chi connectivity index (χ1v) is 8.81. The molecule has 3 rings (SSSR count). The fraction of sp³-hybridized carbons (Fsp3) is 0.133. The molecule has 0 spiro atoms. The Morgan fingerprint density at radius 3 is 2.79 bits per heavy atom. The zero-order chi connectivity index (χ0) is 17.3. The minimum atomic E-state index is -0.419. The highest BCUT2D eigenvalue weighted by atomic mass is 35.5. The quantitative estimate of drug-likeness (QED) is 0.682. The van der Waals surface area contributed by atoms with Crippen LogP contribution < -0.4 is 5.43 Å². The summed E-state index contributed by atoms with van der Waals surface area (Å²) in [7, 11) is 0. The molecule has 0 saturated carbocycles. The van der Waals surface area contributed by atoms with Crippen LogP contribution in [-0.4, -0.2) is 27.0 Å². The van der Waals surface area contributed by atoms with E-state index in [4.69, 9.17) is 27.6 Å². The first-order chi connectivity index (χ1) is 11.5. The van der Waals surface area contributed by atoms with Gasteiger partial charge < -0.3 is 4.42 Å².